The second-order valence-corrected chi connectivity index (χ2v) is 5.25. The lowest BCUT2D eigenvalue weighted by molar-refractivity contribution is 0.0891. The smallest absolute Gasteiger partial charge is 0.254 e. The van der Waals surface area contributed by atoms with Crippen molar-refractivity contribution in [2.24, 2.45) is 0 Å². The van der Waals surface area contributed by atoms with Gasteiger partial charge in [-0.3, -0.25) is 4.79 Å². The molecule has 20 heavy (non-hydrogen) atoms. The Balaban J connectivity index is 0.00000200. The number of hydrogen-bond acceptors (Lipinski definition) is 4. The van der Waals surface area contributed by atoms with Crippen molar-refractivity contribution in [2.75, 3.05) is 26.8 Å². The van der Waals surface area contributed by atoms with Crippen LogP contribution in [-0.2, 0) is 4.74 Å². The van der Waals surface area contributed by atoms with Crippen molar-refractivity contribution in [1.82, 2.24) is 10.6 Å². The van der Waals surface area contributed by atoms with Crippen LogP contribution in [0, 0.1) is 13.8 Å². The highest BCUT2D eigenvalue weighted by molar-refractivity contribution is 5.95. The number of amides is 1. The summed E-state index contributed by atoms with van der Waals surface area (Å²) in [4.78, 5) is 12.1. The molecule has 1 aliphatic rings. The van der Waals surface area contributed by atoms with Gasteiger partial charge in [0.1, 0.15) is 11.5 Å². The lowest BCUT2D eigenvalue weighted by Crippen LogP contribution is -2.53. The van der Waals surface area contributed by atoms with Crippen LogP contribution in [0.25, 0.3) is 0 Å². The number of carbonyl (C=O) groups is 1. The first-order chi connectivity index (χ1) is 9.06. The molecule has 1 amide bonds. The summed E-state index contributed by atoms with van der Waals surface area (Å²) in [5.41, 5.74) is 0.486. The van der Waals surface area contributed by atoms with Gasteiger partial charge in [-0.1, -0.05) is 0 Å². The van der Waals surface area contributed by atoms with Crippen molar-refractivity contribution in [1.29, 1.82) is 0 Å². The van der Waals surface area contributed by atoms with Gasteiger partial charge in [0.05, 0.1) is 17.7 Å². The maximum Gasteiger partial charge on any atom is 0.254 e. The summed E-state index contributed by atoms with van der Waals surface area (Å²) in [5.74, 6) is 1.34. The Hall–Kier alpha value is -1.04. The third-order valence-corrected chi connectivity index (χ3v) is 3.63. The first kappa shape index (κ1) is 17.0. The van der Waals surface area contributed by atoms with Crippen LogP contribution in [0.15, 0.2) is 10.5 Å². The molecule has 6 heteroatoms. The fourth-order valence-corrected chi connectivity index (χ4v) is 2.67. The van der Waals surface area contributed by atoms with Crippen LogP contribution in [0.1, 0.15) is 34.7 Å². The molecule has 1 saturated heterocycles. The minimum atomic E-state index is -0.128. The molecule has 114 valence electrons. The molecule has 0 aliphatic carbocycles. The fraction of sp³-hybridized carbons (Fsp3) is 0.643. The van der Waals surface area contributed by atoms with Gasteiger partial charge < -0.3 is 19.8 Å². The number of ether oxygens (including phenoxy) is 1. The predicted molar refractivity (Wildman–Crippen MR) is 79.6 cm³/mol. The summed E-state index contributed by atoms with van der Waals surface area (Å²) in [5, 5.41) is 6.41. The van der Waals surface area contributed by atoms with E-state index >= 15 is 0 Å². The molecule has 5 nitrogen and oxygen atoms in total. The van der Waals surface area contributed by atoms with Crippen LogP contribution in [0.5, 0.6) is 0 Å². The molecule has 0 radical (unpaired) electrons. The SMILES string of the molecule is COCC1(CNC(=O)c2cc(C)oc2C)CCCN1.Cl. The van der Waals surface area contributed by atoms with Gasteiger partial charge in [0.15, 0.2) is 0 Å². The number of rotatable bonds is 5. The lowest BCUT2D eigenvalue weighted by Gasteiger charge is -2.28. The molecular formula is C14H23ClN2O3. The highest BCUT2D eigenvalue weighted by atomic mass is 35.5. The standard InChI is InChI=1S/C14H22N2O3.ClH/c1-10-7-12(11(2)19-10)13(17)15-8-14(9-18-3)5-4-6-16-14;/h7,16H,4-6,8-9H2,1-3H3,(H,15,17);1H. The van der Waals surface area contributed by atoms with Gasteiger partial charge in [0.25, 0.3) is 5.91 Å². The average Bonchev–Trinajstić information content (AvgIpc) is 2.94. The van der Waals surface area contributed by atoms with Crippen LogP contribution >= 0.6 is 12.4 Å². The monoisotopic (exact) mass is 302 g/mol. The largest absolute Gasteiger partial charge is 0.466 e. The molecular weight excluding hydrogens is 280 g/mol. The van der Waals surface area contributed by atoms with Gasteiger partial charge in [0, 0.05) is 13.7 Å². The molecule has 1 fully saturated rings. The van der Waals surface area contributed by atoms with Gasteiger partial charge in [0.2, 0.25) is 0 Å². The zero-order valence-corrected chi connectivity index (χ0v) is 13.1. The Morgan fingerprint density at radius 3 is 2.80 bits per heavy atom. The maximum absolute atomic E-state index is 12.1. The molecule has 0 saturated carbocycles. The summed E-state index contributed by atoms with van der Waals surface area (Å²) in [6.45, 7) is 5.80. The Morgan fingerprint density at radius 2 is 2.30 bits per heavy atom. The van der Waals surface area contributed by atoms with E-state index in [0.717, 1.165) is 25.1 Å². The number of furan rings is 1. The minimum Gasteiger partial charge on any atom is -0.466 e. The number of hydrogen-bond donors (Lipinski definition) is 2. The Bertz CT molecular complexity index is 453. The van der Waals surface area contributed by atoms with Crippen molar-refractivity contribution in [2.45, 2.75) is 32.2 Å². The van der Waals surface area contributed by atoms with E-state index in [-0.39, 0.29) is 23.9 Å². The van der Waals surface area contributed by atoms with Crippen LogP contribution in [-0.4, -0.2) is 38.3 Å². The minimum absolute atomic E-state index is 0. The van der Waals surface area contributed by atoms with Crippen LogP contribution in [0.3, 0.4) is 0 Å². The van der Waals surface area contributed by atoms with Crippen molar-refractivity contribution >= 4 is 18.3 Å². The first-order valence-electron chi connectivity index (χ1n) is 6.65. The van der Waals surface area contributed by atoms with E-state index in [1.165, 1.54) is 0 Å². The maximum atomic E-state index is 12.1. The molecule has 2 N–H and O–H groups in total. The fourth-order valence-electron chi connectivity index (χ4n) is 2.67. The van der Waals surface area contributed by atoms with Gasteiger partial charge in [-0.15, -0.1) is 12.4 Å². The topological polar surface area (TPSA) is 63.5 Å². The van der Waals surface area contributed by atoms with Crippen LogP contribution in [0.2, 0.25) is 0 Å². The van der Waals surface area contributed by atoms with E-state index in [4.69, 9.17) is 9.15 Å². The van der Waals surface area contributed by atoms with Gasteiger partial charge in [-0.25, -0.2) is 0 Å². The van der Waals surface area contributed by atoms with E-state index in [1.807, 2.05) is 6.92 Å². The highest BCUT2D eigenvalue weighted by Gasteiger charge is 2.34. The van der Waals surface area contributed by atoms with Crippen molar-refractivity contribution < 1.29 is 13.9 Å². The molecule has 1 aromatic heterocycles. The second kappa shape index (κ2) is 7.11. The van der Waals surface area contributed by atoms with Crippen molar-refractivity contribution in [3.63, 3.8) is 0 Å². The number of halogens is 1. The van der Waals surface area contributed by atoms with E-state index in [2.05, 4.69) is 10.6 Å². The molecule has 1 atom stereocenters. The summed E-state index contributed by atoms with van der Waals surface area (Å²) >= 11 is 0. The Labute approximate surface area is 125 Å². The average molecular weight is 303 g/mol. The molecule has 1 aliphatic heterocycles. The molecule has 0 aromatic carbocycles. The summed E-state index contributed by atoms with van der Waals surface area (Å²) in [6, 6.07) is 1.77. The Morgan fingerprint density at radius 1 is 1.55 bits per heavy atom. The van der Waals surface area contributed by atoms with Crippen molar-refractivity contribution in [3.05, 3.63) is 23.2 Å². The molecule has 0 spiro atoms. The van der Waals surface area contributed by atoms with Gasteiger partial charge in [-0.05, 0) is 39.3 Å². The Kier molecular flexibility index (Phi) is 6.05. The summed E-state index contributed by atoms with van der Waals surface area (Å²) in [6.07, 6.45) is 2.13. The van der Waals surface area contributed by atoms with Gasteiger partial charge in [-0.2, -0.15) is 0 Å². The first-order valence-corrected chi connectivity index (χ1v) is 6.65. The normalized spacial score (nSPS) is 21.6. The molecule has 1 unspecified atom stereocenters. The molecule has 2 heterocycles. The summed E-state index contributed by atoms with van der Waals surface area (Å²) < 4.78 is 10.6. The van der Waals surface area contributed by atoms with Crippen molar-refractivity contribution in [3.8, 4) is 0 Å². The van der Waals surface area contributed by atoms with Gasteiger partial charge >= 0.3 is 0 Å². The highest BCUT2D eigenvalue weighted by Crippen LogP contribution is 2.19. The summed E-state index contributed by atoms with van der Waals surface area (Å²) in [7, 11) is 1.69. The zero-order valence-electron chi connectivity index (χ0n) is 12.2. The number of nitrogens with one attached hydrogen (secondary N) is 2. The van der Waals surface area contributed by atoms with E-state index < -0.39 is 0 Å². The molecule has 2 rings (SSSR count). The molecule has 0 bridgehead atoms. The number of aryl methyl sites for hydroxylation is 2. The van der Waals surface area contributed by atoms with E-state index in [1.54, 1.807) is 20.1 Å². The van der Waals surface area contributed by atoms with Crippen LogP contribution < -0.4 is 10.6 Å². The third kappa shape index (κ3) is 3.75. The molecule has 1 aromatic rings. The third-order valence-electron chi connectivity index (χ3n) is 3.63. The number of carbonyl (C=O) groups excluding carboxylic acids is 1. The predicted octanol–water partition coefficient (Wildman–Crippen LogP) is 1.82. The second-order valence-electron chi connectivity index (χ2n) is 5.25. The lowest BCUT2D eigenvalue weighted by atomic mass is 9.98. The van der Waals surface area contributed by atoms with E-state index in [9.17, 15) is 4.79 Å². The number of methoxy groups -OCH3 is 1. The quantitative estimate of drug-likeness (QED) is 0.871. The van der Waals surface area contributed by atoms with Crippen LogP contribution in [0.4, 0.5) is 0 Å². The van der Waals surface area contributed by atoms with E-state index in [0.29, 0.717) is 24.5 Å². The zero-order chi connectivity index (χ0) is 13.9.